The van der Waals surface area contributed by atoms with Crippen molar-refractivity contribution in [2.24, 2.45) is 0 Å². The van der Waals surface area contributed by atoms with E-state index in [1.54, 1.807) is 0 Å². The van der Waals surface area contributed by atoms with Crippen LogP contribution in [0.5, 0.6) is 5.75 Å². The van der Waals surface area contributed by atoms with Gasteiger partial charge in [-0.25, -0.2) is 9.97 Å². The highest BCUT2D eigenvalue weighted by molar-refractivity contribution is 5.65. The summed E-state index contributed by atoms with van der Waals surface area (Å²) in [7, 11) is 0. The van der Waals surface area contributed by atoms with E-state index in [2.05, 4.69) is 34.3 Å². The predicted molar refractivity (Wildman–Crippen MR) is 80.2 cm³/mol. The quantitative estimate of drug-likeness (QED) is 0.926. The number of aryl methyl sites for hydroxylation is 1. The van der Waals surface area contributed by atoms with Crippen molar-refractivity contribution in [3.05, 3.63) is 35.7 Å². The maximum atomic E-state index is 5.54. The van der Waals surface area contributed by atoms with E-state index >= 15 is 0 Å². The maximum Gasteiger partial charge on any atom is 0.130 e. The van der Waals surface area contributed by atoms with Crippen molar-refractivity contribution in [2.45, 2.75) is 26.7 Å². The number of benzene rings is 1. The van der Waals surface area contributed by atoms with Gasteiger partial charge in [0, 0.05) is 24.6 Å². The molecule has 1 aliphatic heterocycles. The molecule has 0 amide bonds. The molecule has 2 heterocycles. The Bertz CT molecular complexity index is 625. The Kier molecular flexibility index (Phi) is 3.54. The van der Waals surface area contributed by atoms with E-state index in [4.69, 9.17) is 4.74 Å². The molecule has 1 aliphatic rings. The van der Waals surface area contributed by atoms with E-state index in [-0.39, 0.29) is 0 Å². The summed E-state index contributed by atoms with van der Waals surface area (Å²) in [5.74, 6) is 2.69. The van der Waals surface area contributed by atoms with E-state index in [9.17, 15) is 0 Å². The molecule has 2 aromatic rings. The molecule has 1 aromatic heterocycles. The van der Waals surface area contributed by atoms with Crippen molar-refractivity contribution < 1.29 is 4.74 Å². The average Bonchev–Trinajstić information content (AvgIpc) is 2.92. The van der Waals surface area contributed by atoms with Crippen LogP contribution < -0.4 is 10.1 Å². The molecule has 0 bridgehead atoms. The van der Waals surface area contributed by atoms with Crippen molar-refractivity contribution in [3.8, 4) is 17.0 Å². The van der Waals surface area contributed by atoms with E-state index in [0.29, 0.717) is 0 Å². The van der Waals surface area contributed by atoms with Crippen LogP contribution in [0.15, 0.2) is 24.3 Å². The summed E-state index contributed by atoms with van der Waals surface area (Å²) in [5, 5.41) is 3.32. The number of hydrogen-bond donors (Lipinski definition) is 1. The zero-order valence-electron chi connectivity index (χ0n) is 11.9. The molecule has 0 spiro atoms. The molecule has 104 valence electrons. The second kappa shape index (κ2) is 5.49. The fourth-order valence-corrected chi connectivity index (χ4v) is 2.41. The Morgan fingerprint density at radius 3 is 3.00 bits per heavy atom. The van der Waals surface area contributed by atoms with Crippen LogP contribution in [0.25, 0.3) is 11.3 Å². The third-order valence-corrected chi connectivity index (χ3v) is 3.38. The van der Waals surface area contributed by atoms with Gasteiger partial charge in [-0.2, -0.15) is 0 Å². The zero-order chi connectivity index (χ0) is 13.9. The minimum Gasteiger partial charge on any atom is -0.493 e. The molecule has 0 saturated heterocycles. The van der Waals surface area contributed by atoms with Crippen LogP contribution in [0.1, 0.15) is 24.7 Å². The molecule has 4 nitrogen and oxygen atoms in total. The minimum atomic E-state index is 0.783. The van der Waals surface area contributed by atoms with Crippen LogP contribution in [-0.2, 0) is 6.42 Å². The van der Waals surface area contributed by atoms with E-state index in [1.165, 1.54) is 5.56 Å². The van der Waals surface area contributed by atoms with Gasteiger partial charge >= 0.3 is 0 Å². The minimum absolute atomic E-state index is 0.783. The summed E-state index contributed by atoms with van der Waals surface area (Å²) < 4.78 is 5.54. The summed E-state index contributed by atoms with van der Waals surface area (Å²) in [6.07, 6.45) is 2.06. The first-order valence-electron chi connectivity index (χ1n) is 7.12. The lowest BCUT2D eigenvalue weighted by Crippen LogP contribution is -2.04. The molecule has 1 aromatic carbocycles. The van der Waals surface area contributed by atoms with Crippen molar-refractivity contribution in [1.29, 1.82) is 0 Å². The van der Waals surface area contributed by atoms with Gasteiger partial charge in [0.25, 0.3) is 0 Å². The van der Waals surface area contributed by atoms with E-state index in [1.807, 2.05) is 19.1 Å². The van der Waals surface area contributed by atoms with Crippen LogP contribution >= 0.6 is 0 Å². The number of hydrogen-bond acceptors (Lipinski definition) is 4. The monoisotopic (exact) mass is 269 g/mol. The van der Waals surface area contributed by atoms with Gasteiger partial charge in [0.1, 0.15) is 17.4 Å². The predicted octanol–water partition coefficient (Wildman–Crippen LogP) is 3.21. The Balaban J connectivity index is 1.94. The summed E-state index contributed by atoms with van der Waals surface area (Å²) in [6, 6.07) is 8.29. The number of nitrogens with one attached hydrogen (secondary N) is 1. The summed E-state index contributed by atoms with van der Waals surface area (Å²) >= 11 is 0. The summed E-state index contributed by atoms with van der Waals surface area (Å²) in [4.78, 5) is 8.97. The zero-order valence-corrected chi connectivity index (χ0v) is 11.9. The van der Waals surface area contributed by atoms with Crippen molar-refractivity contribution in [2.75, 3.05) is 18.5 Å². The molecule has 0 unspecified atom stereocenters. The molecule has 0 atom stereocenters. The molecule has 0 fully saturated rings. The molecule has 20 heavy (non-hydrogen) atoms. The van der Waals surface area contributed by atoms with Crippen LogP contribution in [0.2, 0.25) is 0 Å². The van der Waals surface area contributed by atoms with Crippen molar-refractivity contribution in [3.63, 3.8) is 0 Å². The normalized spacial score (nSPS) is 12.9. The number of aromatic nitrogens is 2. The standard InChI is InChI=1S/C16H19N3O/c1-3-7-17-16-10-14(18-11(2)19-16)12-4-5-15-13(9-12)6-8-20-15/h4-5,9-10H,3,6-8H2,1-2H3,(H,17,18,19). The van der Waals surface area contributed by atoms with Crippen molar-refractivity contribution >= 4 is 5.82 Å². The largest absolute Gasteiger partial charge is 0.493 e. The average molecular weight is 269 g/mol. The molecular formula is C16H19N3O. The van der Waals surface area contributed by atoms with Gasteiger partial charge in [-0.05, 0) is 37.1 Å². The number of rotatable bonds is 4. The second-order valence-electron chi connectivity index (χ2n) is 5.03. The highest BCUT2D eigenvalue weighted by Gasteiger charge is 2.13. The first-order valence-corrected chi connectivity index (χ1v) is 7.12. The van der Waals surface area contributed by atoms with Gasteiger partial charge in [0.15, 0.2) is 0 Å². The maximum absolute atomic E-state index is 5.54. The lowest BCUT2D eigenvalue weighted by Gasteiger charge is -2.09. The fraction of sp³-hybridized carbons (Fsp3) is 0.375. The molecular weight excluding hydrogens is 250 g/mol. The summed E-state index contributed by atoms with van der Waals surface area (Å²) in [5.41, 5.74) is 3.35. The highest BCUT2D eigenvalue weighted by atomic mass is 16.5. The lowest BCUT2D eigenvalue weighted by atomic mass is 10.1. The highest BCUT2D eigenvalue weighted by Crippen LogP contribution is 2.30. The smallest absolute Gasteiger partial charge is 0.130 e. The molecule has 1 N–H and O–H groups in total. The van der Waals surface area contributed by atoms with Crippen molar-refractivity contribution in [1.82, 2.24) is 9.97 Å². The van der Waals surface area contributed by atoms with Gasteiger partial charge in [-0.3, -0.25) is 0 Å². The molecule has 4 heteroatoms. The van der Waals surface area contributed by atoms with E-state index < -0.39 is 0 Å². The van der Waals surface area contributed by atoms with Gasteiger partial charge in [0.05, 0.1) is 12.3 Å². The lowest BCUT2D eigenvalue weighted by molar-refractivity contribution is 0.357. The molecule has 0 saturated carbocycles. The Hall–Kier alpha value is -2.10. The Labute approximate surface area is 119 Å². The topological polar surface area (TPSA) is 47.0 Å². The fourth-order valence-electron chi connectivity index (χ4n) is 2.41. The van der Waals surface area contributed by atoms with E-state index in [0.717, 1.165) is 54.6 Å². The van der Waals surface area contributed by atoms with Gasteiger partial charge in [-0.15, -0.1) is 0 Å². The second-order valence-corrected chi connectivity index (χ2v) is 5.03. The third kappa shape index (κ3) is 2.59. The van der Waals surface area contributed by atoms with Crippen LogP contribution in [0.3, 0.4) is 0 Å². The number of fused-ring (bicyclic) bond motifs is 1. The summed E-state index contributed by atoms with van der Waals surface area (Å²) in [6.45, 7) is 5.78. The Morgan fingerprint density at radius 2 is 2.15 bits per heavy atom. The molecule has 0 aliphatic carbocycles. The SMILES string of the molecule is CCCNc1cc(-c2ccc3c(c2)CCO3)nc(C)n1. The number of anilines is 1. The first-order chi connectivity index (χ1) is 9.76. The number of nitrogens with zero attached hydrogens (tertiary/aromatic N) is 2. The van der Waals surface area contributed by atoms with Gasteiger partial charge in [0.2, 0.25) is 0 Å². The molecule has 3 rings (SSSR count). The third-order valence-electron chi connectivity index (χ3n) is 3.38. The van der Waals surface area contributed by atoms with Gasteiger partial charge in [-0.1, -0.05) is 6.92 Å². The molecule has 0 radical (unpaired) electrons. The first kappa shape index (κ1) is 12.9. The van der Waals surface area contributed by atoms with Crippen LogP contribution in [-0.4, -0.2) is 23.1 Å². The van der Waals surface area contributed by atoms with Crippen LogP contribution in [0.4, 0.5) is 5.82 Å². The Morgan fingerprint density at radius 1 is 1.25 bits per heavy atom. The van der Waals surface area contributed by atoms with Crippen LogP contribution in [0, 0.1) is 6.92 Å². The van der Waals surface area contributed by atoms with Gasteiger partial charge < -0.3 is 10.1 Å². The number of ether oxygens (including phenoxy) is 1.